The summed E-state index contributed by atoms with van der Waals surface area (Å²) in [6, 6.07) is 5.19. The molecule has 0 aromatic heterocycles. The average molecular weight is 271 g/mol. The minimum absolute atomic E-state index is 0.148. The van der Waals surface area contributed by atoms with Crippen molar-refractivity contribution in [2.75, 3.05) is 18.5 Å². The molecule has 0 saturated heterocycles. The van der Waals surface area contributed by atoms with Gasteiger partial charge >= 0.3 is 6.09 Å². The maximum absolute atomic E-state index is 11.5. The molecule has 1 rings (SSSR count). The summed E-state index contributed by atoms with van der Waals surface area (Å²) in [5.74, 6) is -0.344. The molecule has 0 atom stereocenters. The van der Waals surface area contributed by atoms with E-state index in [1.165, 1.54) is 0 Å². The van der Waals surface area contributed by atoms with Crippen LogP contribution in [0.4, 0.5) is 10.5 Å². The van der Waals surface area contributed by atoms with Gasteiger partial charge in [-0.05, 0) is 31.5 Å². The molecule has 5 nitrogen and oxygen atoms in total. The first-order chi connectivity index (χ1) is 8.52. The second-order valence-electron chi connectivity index (χ2n) is 3.59. The van der Waals surface area contributed by atoms with E-state index in [-0.39, 0.29) is 19.1 Å². The van der Waals surface area contributed by atoms with Crippen LogP contribution >= 0.6 is 11.6 Å². The Labute approximate surface area is 110 Å². The van der Waals surface area contributed by atoms with E-state index in [2.05, 4.69) is 15.4 Å². The van der Waals surface area contributed by atoms with Crippen LogP contribution in [-0.2, 0) is 9.53 Å². The number of ether oxygens (including phenoxy) is 1. The molecule has 1 aromatic carbocycles. The molecule has 0 heterocycles. The van der Waals surface area contributed by atoms with Crippen LogP contribution in [0.15, 0.2) is 18.2 Å². The lowest BCUT2D eigenvalue weighted by Crippen LogP contribution is -2.33. The third kappa shape index (κ3) is 4.63. The number of anilines is 1. The first-order valence-corrected chi connectivity index (χ1v) is 5.87. The first kappa shape index (κ1) is 14.3. The van der Waals surface area contributed by atoms with Crippen LogP contribution in [0.5, 0.6) is 0 Å². The Morgan fingerprint density at radius 2 is 2.11 bits per heavy atom. The van der Waals surface area contributed by atoms with E-state index in [0.717, 1.165) is 5.56 Å². The molecular weight excluding hydrogens is 256 g/mol. The molecule has 18 heavy (non-hydrogen) atoms. The molecule has 0 saturated carbocycles. The summed E-state index contributed by atoms with van der Waals surface area (Å²) in [4.78, 5) is 22.5. The largest absolute Gasteiger partial charge is 0.450 e. The quantitative estimate of drug-likeness (QED) is 0.882. The normalized spacial score (nSPS) is 9.72. The zero-order chi connectivity index (χ0) is 13.5. The molecule has 0 fully saturated rings. The van der Waals surface area contributed by atoms with Crippen molar-refractivity contribution in [1.29, 1.82) is 0 Å². The number of benzene rings is 1. The second-order valence-corrected chi connectivity index (χ2v) is 3.99. The smallest absolute Gasteiger partial charge is 0.407 e. The molecule has 0 radical (unpaired) electrons. The standard InChI is InChI=1S/C12H15ClN2O3/c1-3-18-12(17)14-7-11(16)15-9-5-4-8(2)10(13)6-9/h4-6H,3,7H2,1-2H3,(H,14,17)(H,15,16). The minimum Gasteiger partial charge on any atom is -0.450 e. The topological polar surface area (TPSA) is 67.4 Å². The summed E-state index contributed by atoms with van der Waals surface area (Å²) >= 11 is 5.92. The number of halogens is 1. The first-order valence-electron chi connectivity index (χ1n) is 5.49. The molecule has 0 aliphatic heterocycles. The second kappa shape index (κ2) is 6.86. The van der Waals surface area contributed by atoms with Gasteiger partial charge in [-0.2, -0.15) is 0 Å². The lowest BCUT2D eigenvalue weighted by Gasteiger charge is -2.08. The lowest BCUT2D eigenvalue weighted by atomic mass is 10.2. The number of nitrogens with one attached hydrogen (secondary N) is 2. The highest BCUT2D eigenvalue weighted by Gasteiger charge is 2.06. The number of amides is 2. The van der Waals surface area contributed by atoms with Crippen molar-refractivity contribution in [3.8, 4) is 0 Å². The predicted molar refractivity (Wildman–Crippen MR) is 69.8 cm³/mol. The van der Waals surface area contributed by atoms with Crippen molar-refractivity contribution in [2.45, 2.75) is 13.8 Å². The maximum Gasteiger partial charge on any atom is 0.407 e. The Balaban J connectivity index is 2.44. The van der Waals surface area contributed by atoms with Gasteiger partial charge < -0.3 is 15.4 Å². The van der Waals surface area contributed by atoms with Gasteiger partial charge in [-0.25, -0.2) is 4.79 Å². The third-order valence-electron chi connectivity index (χ3n) is 2.12. The zero-order valence-electron chi connectivity index (χ0n) is 10.2. The van der Waals surface area contributed by atoms with E-state index in [4.69, 9.17) is 11.6 Å². The van der Waals surface area contributed by atoms with Crippen LogP contribution < -0.4 is 10.6 Å². The highest BCUT2D eigenvalue weighted by molar-refractivity contribution is 6.31. The number of rotatable bonds is 4. The van der Waals surface area contributed by atoms with Gasteiger partial charge in [0.2, 0.25) is 5.91 Å². The number of hydrogen-bond acceptors (Lipinski definition) is 3. The van der Waals surface area contributed by atoms with E-state index >= 15 is 0 Å². The number of hydrogen-bond donors (Lipinski definition) is 2. The van der Waals surface area contributed by atoms with Crippen LogP contribution in [0.2, 0.25) is 5.02 Å². The van der Waals surface area contributed by atoms with Gasteiger partial charge in [-0.15, -0.1) is 0 Å². The van der Waals surface area contributed by atoms with Crippen molar-refractivity contribution >= 4 is 29.3 Å². The Kier molecular flexibility index (Phi) is 5.45. The molecular formula is C12H15ClN2O3. The molecule has 1 aromatic rings. The van der Waals surface area contributed by atoms with Crippen LogP contribution in [0.25, 0.3) is 0 Å². The number of carbonyl (C=O) groups is 2. The number of alkyl carbamates (subject to hydrolysis) is 1. The molecule has 98 valence electrons. The molecule has 0 aliphatic carbocycles. The summed E-state index contributed by atoms with van der Waals surface area (Å²) in [5.41, 5.74) is 1.51. The highest BCUT2D eigenvalue weighted by atomic mass is 35.5. The molecule has 0 unspecified atom stereocenters. The lowest BCUT2D eigenvalue weighted by molar-refractivity contribution is -0.115. The fourth-order valence-electron chi connectivity index (χ4n) is 1.21. The molecule has 0 aliphatic rings. The Bertz CT molecular complexity index is 449. The third-order valence-corrected chi connectivity index (χ3v) is 2.53. The van der Waals surface area contributed by atoms with Gasteiger partial charge in [-0.1, -0.05) is 17.7 Å². The van der Waals surface area contributed by atoms with Gasteiger partial charge in [-0.3, -0.25) is 4.79 Å². The Morgan fingerprint density at radius 3 is 2.72 bits per heavy atom. The van der Waals surface area contributed by atoms with E-state index in [0.29, 0.717) is 10.7 Å². The van der Waals surface area contributed by atoms with Crippen LogP contribution in [-0.4, -0.2) is 25.2 Å². The molecule has 0 bridgehead atoms. The van der Waals surface area contributed by atoms with E-state index in [9.17, 15) is 9.59 Å². The van der Waals surface area contributed by atoms with Crippen LogP contribution in [0.1, 0.15) is 12.5 Å². The van der Waals surface area contributed by atoms with Gasteiger partial charge in [0.25, 0.3) is 0 Å². The van der Waals surface area contributed by atoms with Gasteiger partial charge in [0.05, 0.1) is 6.61 Å². The fourth-order valence-corrected chi connectivity index (χ4v) is 1.39. The molecule has 2 amide bonds. The SMILES string of the molecule is CCOC(=O)NCC(=O)Nc1ccc(C)c(Cl)c1. The average Bonchev–Trinajstić information content (AvgIpc) is 2.32. The number of carbonyl (C=O) groups excluding carboxylic acids is 2. The summed E-state index contributed by atoms with van der Waals surface area (Å²) in [5, 5.41) is 5.51. The predicted octanol–water partition coefficient (Wildman–Crippen LogP) is 2.33. The Hall–Kier alpha value is -1.75. The van der Waals surface area contributed by atoms with Crippen molar-refractivity contribution in [3.05, 3.63) is 28.8 Å². The summed E-state index contributed by atoms with van der Waals surface area (Å²) in [6.07, 6.45) is -0.616. The van der Waals surface area contributed by atoms with Gasteiger partial charge in [0, 0.05) is 10.7 Å². The van der Waals surface area contributed by atoms with Crippen LogP contribution in [0.3, 0.4) is 0 Å². The molecule has 0 spiro atoms. The van der Waals surface area contributed by atoms with Crippen molar-refractivity contribution in [3.63, 3.8) is 0 Å². The van der Waals surface area contributed by atoms with Crippen LogP contribution in [0, 0.1) is 6.92 Å². The Morgan fingerprint density at radius 1 is 1.39 bits per heavy atom. The molecule has 6 heteroatoms. The van der Waals surface area contributed by atoms with E-state index < -0.39 is 6.09 Å². The monoisotopic (exact) mass is 270 g/mol. The zero-order valence-corrected chi connectivity index (χ0v) is 11.0. The van der Waals surface area contributed by atoms with E-state index in [1.807, 2.05) is 6.92 Å². The van der Waals surface area contributed by atoms with Gasteiger partial charge in [0.15, 0.2) is 0 Å². The maximum atomic E-state index is 11.5. The van der Waals surface area contributed by atoms with Crippen molar-refractivity contribution in [2.24, 2.45) is 0 Å². The highest BCUT2D eigenvalue weighted by Crippen LogP contribution is 2.19. The summed E-state index contributed by atoms with van der Waals surface area (Å²) in [7, 11) is 0. The van der Waals surface area contributed by atoms with Crippen molar-refractivity contribution in [1.82, 2.24) is 5.32 Å². The van der Waals surface area contributed by atoms with Gasteiger partial charge in [0.1, 0.15) is 6.54 Å². The minimum atomic E-state index is -0.616. The fraction of sp³-hybridized carbons (Fsp3) is 0.333. The van der Waals surface area contributed by atoms with E-state index in [1.54, 1.807) is 25.1 Å². The van der Waals surface area contributed by atoms with Crippen molar-refractivity contribution < 1.29 is 14.3 Å². The molecule has 2 N–H and O–H groups in total. The summed E-state index contributed by atoms with van der Waals surface area (Å²) in [6.45, 7) is 3.68. The number of aryl methyl sites for hydroxylation is 1. The summed E-state index contributed by atoms with van der Waals surface area (Å²) < 4.78 is 4.63.